The van der Waals surface area contributed by atoms with Crippen LogP contribution in [0.15, 0.2) is 60.7 Å². The zero-order valence-electron chi connectivity index (χ0n) is 13.5. The van der Waals surface area contributed by atoms with Crippen LogP contribution in [0.5, 0.6) is 0 Å². The fraction of sp³-hybridized carbons (Fsp3) is 0.400. The summed E-state index contributed by atoms with van der Waals surface area (Å²) in [6.45, 7) is 2.95. The first-order chi connectivity index (χ1) is 10.9. The highest BCUT2D eigenvalue weighted by Crippen LogP contribution is 2.37. The van der Waals surface area contributed by atoms with E-state index < -0.39 is 8.32 Å². The number of hydrogen-bond donors (Lipinski definition) is 0. The molecule has 1 aliphatic carbocycles. The van der Waals surface area contributed by atoms with Gasteiger partial charge in [0, 0.05) is 6.61 Å². The molecule has 0 amide bonds. The van der Waals surface area contributed by atoms with Crippen LogP contribution in [-0.4, -0.2) is 14.9 Å². The highest BCUT2D eigenvalue weighted by atomic mass is 28.4. The molecule has 0 unspecified atom stereocenters. The van der Waals surface area contributed by atoms with Crippen molar-refractivity contribution in [2.24, 2.45) is 0 Å². The van der Waals surface area contributed by atoms with E-state index in [1.165, 1.54) is 42.5 Å². The lowest BCUT2D eigenvalue weighted by Gasteiger charge is -2.41. The van der Waals surface area contributed by atoms with Gasteiger partial charge in [0.1, 0.15) is 0 Å². The van der Waals surface area contributed by atoms with Gasteiger partial charge in [0.05, 0.1) is 0 Å². The molecule has 0 bridgehead atoms. The molecule has 2 aromatic carbocycles. The van der Waals surface area contributed by atoms with Crippen molar-refractivity contribution in [3.63, 3.8) is 0 Å². The van der Waals surface area contributed by atoms with Crippen LogP contribution in [0.3, 0.4) is 0 Å². The highest BCUT2D eigenvalue weighted by molar-refractivity contribution is 6.98. The maximum Gasteiger partial charge on any atom is 0.258 e. The normalized spacial score (nSPS) is 16.6. The van der Waals surface area contributed by atoms with Gasteiger partial charge in [-0.15, -0.1) is 0 Å². The van der Waals surface area contributed by atoms with Crippen molar-refractivity contribution in [3.05, 3.63) is 60.7 Å². The topological polar surface area (TPSA) is 9.23 Å². The van der Waals surface area contributed by atoms with E-state index in [0.29, 0.717) is 5.54 Å². The second-order valence-corrected chi connectivity index (χ2v) is 9.97. The van der Waals surface area contributed by atoms with Crippen LogP contribution in [0.25, 0.3) is 0 Å². The lowest BCUT2D eigenvalue weighted by Crippen LogP contribution is -2.64. The molecule has 22 heavy (non-hydrogen) atoms. The zero-order valence-corrected chi connectivity index (χ0v) is 14.5. The molecule has 0 N–H and O–H groups in total. The van der Waals surface area contributed by atoms with E-state index in [0.717, 1.165) is 6.61 Å². The summed E-state index contributed by atoms with van der Waals surface area (Å²) in [7, 11) is -2.15. The van der Waals surface area contributed by atoms with Gasteiger partial charge >= 0.3 is 0 Å². The first-order valence-electron chi connectivity index (χ1n) is 8.63. The Morgan fingerprint density at radius 2 is 1.32 bits per heavy atom. The van der Waals surface area contributed by atoms with E-state index in [9.17, 15) is 0 Å². The van der Waals surface area contributed by atoms with Crippen LogP contribution in [0, 0.1) is 0 Å². The van der Waals surface area contributed by atoms with Crippen molar-refractivity contribution in [2.45, 2.75) is 44.6 Å². The Kier molecular flexibility index (Phi) is 5.11. The molecule has 1 nitrogen and oxygen atoms in total. The molecule has 2 aromatic rings. The molecule has 0 atom stereocenters. The average molecular weight is 311 g/mol. The van der Waals surface area contributed by atoms with Crippen molar-refractivity contribution in [1.82, 2.24) is 0 Å². The molecular weight excluding hydrogens is 284 g/mol. The van der Waals surface area contributed by atoms with E-state index in [4.69, 9.17) is 4.43 Å². The predicted molar refractivity (Wildman–Crippen MR) is 96.4 cm³/mol. The Labute approximate surface area is 135 Å². The Bertz CT molecular complexity index is 521. The molecule has 3 rings (SSSR count). The molecule has 0 aromatic heterocycles. The number of benzene rings is 2. The van der Waals surface area contributed by atoms with Gasteiger partial charge in [-0.3, -0.25) is 0 Å². The first kappa shape index (κ1) is 15.5. The van der Waals surface area contributed by atoms with Crippen molar-refractivity contribution in [2.75, 3.05) is 6.61 Å². The van der Waals surface area contributed by atoms with Crippen LogP contribution in [0.2, 0.25) is 5.54 Å². The molecule has 2 heteroatoms. The zero-order chi connectivity index (χ0) is 15.3. The summed E-state index contributed by atoms with van der Waals surface area (Å²) in [6, 6.07) is 22.1. The van der Waals surface area contributed by atoms with Gasteiger partial charge in [-0.2, -0.15) is 0 Å². The van der Waals surface area contributed by atoms with Crippen LogP contribution >= 0.6 is 0 Å². The molecule has 0 heterocycles. The van der Waals surface area contributed by atoms with Crippen LogP contribution < -0.4 is 10.4 Å². The SMILES string of the molecule is CCO[Si](c1ccccc1)(c1ccccc1)C1CCCCC1. The van der Waals surface area contributed by atoms with Crippen molar-refractivity contribution < 1.29 is 4.43 Å². The summed E-state index contributed by atoms with van der Waals surface area (Å²) in [4.78, 5) is 0. The highest BCUT2D eigenvalue weighted by Gasteiger charge is 2.46. The van der Waals surface area contributed by atoms with Crippen molar-refractivity contribution in [3.8, 4) is 0 Å². The molecule has 0 saturated heterocycles. The molecule has 1 fully saturated rings. The minimum atomic E-state index is -2.15. The summed E-state index contributed by atoms with van der Waals surface area (Å²) in [6.07, 6.45) is 6.72. The van der Waals surface area contributed by atoms with Crippen LogP contribution in [-0.2, 0) is 4.43 Å². The first-order valence-corrected chi connectivity index (χ1v) is 10.6. The summed E-state index contributed by atoms with van der Waals surface area (Å²) >= 11 is 0. The fourth-order valence-corrected chi connectivity index (χ4v) is 8.93. The average Bonchev–Trinajstić information content (AvgIpc) is 2.62. The van der Waals surface area contributed by atoms with Crippen molar-refractivity contribution in [1.29, 1.82) is 0 Å². The third-order valence-electron chi connectivity index (χ3n) is 4.96. The quantitative estimate of drug-likeness (QED) is 0.755. The molecule has 1 saturated carbocycles. The Morgan fingerprint density at radius 1 is 0.818 bits per heavy atom. The van der Waals surface area contributed by atoms with Crippen LogP contribution in [0.4, 0.5) is 0 Å². The predicted octanol–water partition coefficient (Wildman–Crippen LogP) is 4.12. The third kappa shape index (κ3) is 2.90. The van der Waals surface area contributed by atoms with Gasteiger partial charge in [-0.1, -0.05) is 92.8 Å². The minimum Gasteiger partial charge on any atom is -0.408 e. The molecule has 116 valence electrons. The van der Waals surface area contributed by atoms with Gasteiger partial charge in [0.25, 0.3) is 8.32 Å². The molecule has 1 aliphatic rings. The molecule has 0 spiro atoms. The number of rotatable bonds is 5. The maximum atomic E-state index is 6.68. The van der Waals surface area contributed by atoms with Gasteiger partial charge in [-0.25, -0.2) is 0 Å². The Hall–Kier alpha value is -1.38. The van der Waals surface area contributed by atoms with Crippen LogP contribution in [0.1, 0.15) is 39.0 Å². The van der Waals surface area contributed by atoms with E-state index in [1.54, 1.807) is 0 Å². The maximum absolute atomic E-state index is 6.68. The van der Waals surface area contributed by atoms with E-state index in [1.807, 2.05) is 0 Å². The lowest BCUT2D eigenvalue weighted by molar-refractivity contribution is 0.316. The Balaban J connectivity index is 2.13. The smallest absolute Gasteiger partial charge is 0.258 e. The van der Waals surface area contributed by atoms with Gasteiger partial charge < -0.3 is 4.43 Å². The van der Waals surface area contributed by atoms with Crippen molar-refractivity contribution >= 4 is 18.7 Å². The van der Waals surface area contributed by atoms with E-state index in [2.05, 4.69) is 67.6 Å². The summed E-state index contributed by atoms with van der Waals surface area (Å²) in [5.41, 5.74) is 0.700. The lowest BCUT2D eigenvalue weighted by atomic mass is 10.0. The monoisotopic (exact) mass is 310 g/mol. The fourth-order valence-electron chi connectivity index (χ4n) is 4.03. The third-order valence-corrected chi connectivity index (χ3v) is 9.81. The summed E-state index contributed by atoms with van der Waals surface area (Å²) in [5, 5.41) is 2.88. The van der Waals surface area contributed by atoms with Gasteiger partial charge in [0.2, 0.25) is 0 Å². The van der Waals surface area contributed by atoms with Gasteiger partial charge in [-0.05, 0) is 22.8 Å². The summed E-state index contributed by atoms with van der Waals surface area (Å²) < 4.78 is 6.68. The largest absolute Gasteiger partial charge is 0.408 e. The standard InChI is InChI=1S/C20H26OSi/c1-2-21-22(18-12-6-3-7-13-18,19-14-8-4-9-15-19)20-16-10-5-11-17-20/h3-4,6-9,12-15,20H,2,5,10-11,16-17H2,1H3. The molecule has 0 radical (unpaired) electrons. The molecular formula is C20H26OSi. The molecule has 0 aliphatic heterocycles. The van der Waals surface area contributed by atoms with E-state index in [-0.39, 0.29) is 0 Å². The summed E-state index contributed by atoms with van der Waals surface area (Å²) in [5.74, 6) is 0. The van der Waals surface area contributed by atoms with Gasteiger partial charge in [0.15, 0.2) is 0 Å². The minimum absolute atomic E-state index is 0.700. The number of hydrogen-bond acceptors (Lipinski definition) is 1. The second kappa shape index (κ2) is 7.25. The second-order valence-electron chi connectivity index (χ2n) is 6.24. The van der Waals surface area contributed by atoms with E-state index >= 15 is 0 Å². The Morgan fingerprint density at radius 3 is 1.77 bits per heavy atom.